The van der Waals surface area contributed by atoms with Crippen molar-refractivity contribution >= 4 is 27.9 Å². The fourth-order valence-electron chi connectivity index (χ4n) is 0.793. The van der Waals surface area contributed by atoms with Crippen molar-refractivity contribution in [1.82, 2.24) is 0 Å². The average Bonchev–Trinajstić information content (AvgIpc) is 2.06. The molecule has 3 N–H and O–H groups in total. The van der Waals surface area contributed by atoms with Crippen LogP contribution in [0.1, 0.15) is 10.4 Å². The first-order valence-electron chi connectivity index (χ1n) is 3.54. The zero-order valence-electron chi connectivity index (χ0n) is 7.18. The van der Waals surface area contributed by atoms with Crippen LogP contribution in [0.2, 0.25) is 5.02 Å². The molecule has 0 aliphatic rings. The minimum Gasteiger partial charge on any atom is -0.506 e. The van der Waals surface area contributed by atoms with Crippen molar-refractivity contribution in [3.8, 4) is 5.75 Å². The van der Waals surface area contributed by atoms with E-state index < -0.39 is 16.3 Å². The van der Waals surface area contributed by atoms with E-state index in [2.05, 4.69) is 9.32 Å². The fourth-order valence-corrected chi connectivity index (χ4v) is 1.22. The molecule has 0 aliphatic carbocycles. The van der Waals surface area contributed by atoms with Gasteiger partial charge in [-0.15, -0.1) is 0 Å². The van der Waals surface area contributed by atoms with E-state index in [9.17, 15) is 13.2 Å². The number of carbonyl (C=O) groups excluding carboxylic acids is 1. The Balaban J connectivity index is 2.98. The molecule has 0 heterocycles. The van der Waals surface area contributed by atoms with Crippen molar-refractivity contribution in [3.63, 3.8) is 0 Å². The van der Waals surface area contributed by atoms with Crippen LogP contribution in [0.4, 0.5) is 0 Å². The quantitative estimate of drug-likeness (QED) is 0.791. The Morgan fingerprint density at radius 2 is 2.07 bits per heavy atom. The summed E-state index contributed by atoms with van der Waals surface area (Å²) < 4.78 is 24.7. The molecule has 0 unspecified atom stereocenters. The van der Waals surface area contributed by atoms with Crippen LogP contribution in [0.15, 0.2) is 18.2 Å². The van der Waals surface area contributed by atoms with Gasteiger partial charge < -0.3 is 9.29 Å². The van der Waals surface area contributed by atoms with Gasteiger partial charge in [0.05, 0.1) is 10.6 Å². The summed E-state index contributed by atoms with van der Waals surface area (Å²) in [4.78, 5) is 11.1. The number of hydrogen-bond acceptors (Lipinski definition) is 5. The van der Waals surface area contributed by atoms with Crippen LogP contribution in [0, 0.1) is 0 Å². The Labute approximate surface area is 90.5 Å². The van der Waals surface area contributed by atoms with Crippen molar-refractivity contribution in [2.24, 2.45) is 5.14 Å². The number of halogens is 1. The second-order valence-electron chi connectivity index (χ2n) is 2.53. The maximum atomic E-state index is 11.1. The predicted molar refractivity (Wildman–Crippen MR) is 51.6 cm³/mol. The lowest BCUT2D eigenvalue weighted by Gasteiger charge is -2.02. The third kappa shape index (κ3) is 3.39. The van der Waals surface area contributed by atoms with Crippen molar-refractivity contribution in [1.29, 1.82) is 0 Å². The van der Waals surface area contributed by atoms with Crippen LogP contribution in [-0.2, 0) is 14.5 Å². The summed E-state index contributed by atoms with van der Waals surface area (Å²) in [5.74, 6) is -1.55. The smallest absolute Gasteiger partial charge is 0.382 e. The summed E-state index contributed by atoms with van der Waals surface area (Å²) in [7, 11) is -4.36. The van der Waals surface area contributed by atoms with Crippen molar-refractivity contribution in [2.75, 3.05) is 0 Å². The molecule has 0 fully saturated rings. The molecule has 0 bridgehead atoms. The van der Waals surface area contributed by atoms with Gasteiger partial charge in [0.15, 0.2) is 0 Å². The highest BCUT2D eigenvalue weighted by molar-refractivity contribution is 7.84. The minimum atomic E-state index is -4.36. The maximum absolute atomic E-state index is 11.1. The summed E-state index contributed by atoms with van der Waals surface area (Å²) in [6.45, 7) is 0. The summed E-state index contributed by atoms with van der Waals surface area (Å²) in [6.07, 6.45) is 0. The second kappa shape index (κ2) is 4.05. The molecule has 82 valence electrons. The third-order valence-corrected chi connectivity index (χ3v) is 2.08. The van der Waals surface area contributed by atoms with Crippen molar-refractivity contribution < 1.29 is 22.5 Å². The molecule has 0 aromatic heterocycles. The molecule has 0 saturated carbocycles. The number of carbonyl (C=O) groups is 1. The van der Waals surface area contributed by atoms with Crippen LogP contribution in [0.5, 0.6) is 5.75 Å². The molecule has 1 aromatic rings. The van der Waals surface area contributed by atoms with Crippen LogP contribution >= 0.6 is 11.6 Å². The van der Waals surface area contributed by atoms with Crippen LogP contribution in [-0.4, -0.2) is 19.5 Å². The lowest BCUT2D eigenvalue weighted by molar-refractivity contribution is 0.0746. The predicted octanol–water partition coefficient (Wildman–Crippen LogP) is 0.406. The Bertz CT molecular complexity index is 498. The SMILES string of the molecule is NS(=O)(=O)OC(=O)c1ccc(Cl)c(O)c1. The second-order valence-corrected chi connectivity index (χ2v) is 4.09. The highest BCUT2D eigenvalue weighted by Crippen LogP contribution is 2.24. The molecule has 0 spiro atoms. The standard InChI is InChI=1S/C7H6ClNO5S/c8-5-2-1-4(3-6(5)10)7(11)14-15(9,12)13/h1-3,10H,(H2,9,12,13). The molecule has 15 heavy (non-hydrogen) atoms. The molecular formula is C7H6ClNO5S. The number of phenols is 1. The van der Waals surface area contributed by atoms with Crippen molar-refractivity contribution in [2.45, 2.75) is 0 Å². The summed E-state index contributed by atoms with van der Waals surface area (Å²) in [6, 6.07) is 3.38. The average molecular weight is 252 g/mol. The van der Waals surface area contributed by atoms with Gasteiger partial charge in [-0.25, -0.2) is 4.79 Å². The van der Waals surface area contributed by atoms with E-state index in [0.717, 1.165) is 6.07 Å². The molecule has 0 aliphatic heterocycles. The van der Waals surface area contributed by atoms with Crippen molar-refractivity contribution in [3.05, 3.63) is 28.8 Å². The first kappa shape index (κ1) is 11.8. The topological polar surface area (TPSA) is 107 Å². The van der Waals surface area contributed by atoms with E-state index in [-0.39, 0.29) is 16.3 Å². The Morgan fingerprint density at radius 3 is 2.53 bits per heavy atom. The normalized spacial score (nSPS) is 11.1. The molecule has 1 rings (SSSR count). The summed E-state index contributed by atoms with van der Waals surface area (Å²) in [5.41, 5.74) is -0.175. The lowest BCUT2D eigenvalue weighted by Crippen LogP contribution is -2.20. The van der Waals surface area contributed by atoms with E-state index in [4.69, 9.17) is 16.7 Å². The van der Waals surface area contributed by atoms with Gasteiger partial charge >= 0.3 is 16.3 Å². The number of nitrogens with two attached hydrogens (primary N) is 1. The van der Waals surface area contributed by atoms with E-state index in [1.54, 1.807) is 0 Å². The Hall–Kier alpha value is -1.31. The monoisotopic (exact) mass is 251 g/mol. The van der Waals surface area contributed by atoms with Gasteiger partial charge in [0.25, 0.3) is 0 Å². The molecule has 0 saturated heterocycles. The highest BCUT2D eigenvalue weighted by atomic mass is 35.5. The largest absolute Gasteiger partial charge is 0.506 e. The Kier molecular flexibility index (Phi) is 3.18. The number of hydrogen-bond donors (Lipinski definition) is 2. The number of aromatic hydroxyl groups is 1. The number of benzene rings is 1. The van der Waals surface area contributed by atoms with Crippen LogP contribution in [0.25, 0.3) is 0 Å². The van der Waals surface area contributed by atoms with E-state index in [0.29, 0.717) is 0 Å². The minimum absolute atomic E-state index is 0.0298. The van der Waals surface area contributed by atoms with Crippen LogP contribution < -0.4 is 5.14 Å². The van der Waals surface area contributed by atoms with E-state index >= 15 is 0 Å². The molecular weight excluding hydrogens is 246 g/mol. The molecule has 6 nitrogen and oxygen atoms in total. The number of phenolic OH excluding ortho intramolecular Hbond substituents is 1. The third-order valence-electron chi connectivity index (χ3n) is 1.37. The first-order chi connectivity index (χ1) is 6.79. The molecule has 0 amide bonds. The van der Waals surface area contributed by atoms with Gasteiger partial charge in [0.2, 0.25) is 0 Å². The zero-order chi connectivity index (χ0) is 11.6. The fraction of sp³-hybridized carbons (Fsp3) is 0. The summed E-state index contributed by atoms with van der Waals surface area (Å²) >= 11 is 5.47. The lowest BCUT2D eigenvalue weighted by atomic mass is 10.2. The van der Waals surface area contributed by atoms with E-state index in [1.165, 1.54) is 12.1 Å². The highest BCUT2D eigenvalue weighted by Gasteiger charge is 2.15. The van der Waals surface area contributed by atoms with Gasteiger partial charge in [-0.3, -0.25) is 0 Å². The van der Waals surface area contributed by atoms with Crippen LogP contribution in [0.3, 0.4) is 0 Å². The summed E-state index contributed by atoms with van der Waals surface area (Å²) in [5, 5.41) is 13.6. The molecule has 1 aromatic carbocycles. The zero-order valence-corrected chi connectivity index (χ0v) is 8.75. The molecule has 0 atom stereocenters. The number of rotatable bonds is 2. The van der Waals surface area contributed by atoms with E-state index in [1.807, 2.05) is 0 Å². The van der Waals surface area contributed by atoms with Gasteiger partial charge in [0, 0.05) is 0 Å². The molecule has 0 radical (unpaired) electrons. The van der Waals surface area contributed by atoms with Gasteiger partial charge in [-0.2, -0.15) is 13.6 Å². The first-order valence-corrected chi connectivity index (χ1v) is 5.39. The van der Waals surface area contributed by atoms with Gasteiger partial charge in [-0.1, -0.05) is 11.6 Å². The Morgan fingerprint density at radius 1 is 1.47 bits per heavy atom. The van der Waals surface area contributed by atoms with Gasteiger partial charge in [-0.05, 0) is 18.2 Å². The van der Waals surface area contributed by atoms with Gasteiger partial charge in [0.1, 0.15) is 5.75 Å². The maximum Gasteiger partial charge on any atom is 0.382 e. The molecule has 8 heteroatoms.